The molecule has 3 rings (SSSR count). The third kappa shape index (κ3) is 5.17. The number of nitrogens with one attached hydrogen (secondary N) is 2. The van der Waals surface area contributed by atoms with Crippen LogP contribution in [-0.2, 0) is 4.79 Å². The number of aliphatic hydroxyl groups excluding tert-OH is 1. The molecule has 30 heavy (non-hydrogen) atoms. The summed E-state index contributed by atoms with van der Waals surface area (Å²) in [6.45, 7) is -0.0712. The number of carbonyl (C=O) groups is 1. The lowest BCUT2D eigenvalue weighted by molar-refractivity contribution is -0.491. The zero-order chi connectivity index (χ0) is 22.3. The van der Waals surface area contributed by atoms with E-state index in [2.05, 4.69) is 10.3 Å². The van der Waals surface area contributed by atoms with Gasteiger partial charge in [-0.15, -0.1) is 23.2 Å². The van der Waals surface area contributed by atoms with Gasteiger partial charge in [0.25, 0.3) is 0 Å². The van der Waals surface area contributed by atoms with Gasteiger partial charge in [0.1, 0.15) is 9.90 Å². The van der Waals surface area contributed by atoms with Crippen LogP contribution in [0.5, 0.6) is 0 Å². The number of hydrogen-bond acceptors (Lipinski definition) is 1. The summed E-state index contributed by atoms with van der Waals surface area (Å²) in [6.07, 6.45) is 0. The molecule has 3 N–H and O–H groups in total. The van der Waals surface area contributed by atoms with Crippen molar-refractivity contribution in [2.24, 2.45) is 5.92 Å². The van der Waals surface area contributed by atoms with Crippen molar-refractivity contribution in [2.45, 2.75) is 23.1 Å². The van der Waals surface area contributed by atoms with E-state index in [0.717, 1.165) is 5.56 Å². The van der Waals surface area contributed by atoms with E-state index >= 15 is 0 Å². The molecule has 0 bridgehead atoms. The molecule has 2 unspecified atom stereocenters. The van der Waals surface area contributed by atoms with Gasteiger partial charge in [-0.1, -0.05) is 35.3 Å². The van der Waals surface area contributed by atoms with Crippen LogP contribution in [0.25, 0.3) is 0 Å². The summed E-state index contributed by atoms with van der Waals surface area (Å²) in [7, 11) is 0. The molecule has 0 radical (unpaired) electrons. The number of amides is 1. The molecule has 2 atom stereocenters. The van der Waals surface area contributed by atoms with E-state index in [9.17, 15) is 18.7 Å². The first-order valence-corrected chi connectivity index (χ1v) is 10.3. The van der Waals surface area contributed by atoms with Gasteiger partial charge in [-0.2, -0.15) is 8.78 Å². The van der Waals surface area contributed by atoms with Gasteiger partial charge >= 0.3 is 11.8 Å². The molecule has 160 valence electrons. The standard InChI is InChI=1S/C20H16Cl4F2N2O2/c1-19(25,26)9-27-17(29)13-8-12(5-6-14(13)22)28-18(30)16-15(20(16,23)24)10-3-2-4-11(21)7-10/h2-8,15-16H,9H2,1H3,(H,27,29)(H,28,30)/p+1. The molecule has 0 aromatic heterocycles. The largest absolute Gasteiger partial charge is 0.460 e. The van der Waals surface area contributed by atoms with Crippen molar-refractivity contribution in [1.29, 1.82) is 0 Å². The summed E-state index contributed by atoms with van der Waals surface area (Å²) in [5, 5.41) is 13.4. The Kier molecular flexibility index (Phi) is 6.54. The van der Waals surface area contributed by atoms with Crippen LogP contribution in [0, 0.1) is 5.92 Å². The fraction of sp³-hybridized carbons (Fsp3) is 0.300. The normalized spacial score (nSPS) is 20.7. The third-order valence-corrected chi connectivity index (χ3v) is 6.10. The Morgan fingerprint density at radius 3 is 2.57 bits per heavy atom. The smallest absolute Gasteiger partial charge is 0.367 e. The van der Waals surface area contributed by atoms with E-state index in [0.29, 0.717) is 11.9 Å². The molecular weight excluding hydrogens is 480 g/mol. The number of aliphatic hydroxyl groups is 1. The van der Waals surface area contributed by atoms with Crippen LogP contribution in [0.1, 0.15) is 24.0 Å². The molecule has 0 aliphatic heterocycles. The number of carbonyl (C=O) groups excluding carboxylic acids is 1. The van der Waals surface area contributed by atoms with Gasteiger partial charge in [0.2, 0.25) is 12.5 Å². The van der Waals surface area contributed by atoms with Gasteiger partial charge in [-0.3, -0.25) is 4.79 Å². The topological polar surface area (TPSA) is 63.3 Å². The summed E-state index contributed by atoms with van der Waals surface area (Å²) in [6, 6.07) is 11.2. The number of anilines is 1. The van der Waals surface area contributed by atoms with Gasteiger partial charge in [0.15, 0.2) is 0 Å². The SMILES string of the molecule is CC(F)(F)C[NH+]=C(O)c1cc(NC(=O)C2C(c3cccc(Cl)c3)C2(Cl)Cl)ccc1Cl. The van der Waals surface area contributed by atoms with Crippen molar-refractivity contribution < 1.29 is 23.7 Å². The van der Waals surface area contributed by atoms with E-state index in [1.54, 1.807) is 24.3 Å². The molecule has 4 nitrogen and oxygen atoms in total. The van der Waals surface area contributed by atoms with E-state index < -0.39 is 40.4 Å². The molecule has 0 saturated heterocycles. The minimum Gasteiger partial charge on any atom is -0.460 e. The quantitative estimate of drug-likeness (QED) is 0.312. The van der Waals surface area contributed by atoms with E-state index in [-0.39, 0.29) is 16.3 Å². The van der Waals surface area contributed by atoms with Crippen molar-refractivity contribution in [3.63, 3.8) is 0 Å². The second-order valence-corrected chi connectivity index (χ2v) is 9.43. The summed E-state index contributed by atoms with van der Waals surface area (Å²) >= 11 is 24.7. The van der Waals surface area contributed by atoms with Crippen LogP contribution in [0.15, 0.2) is 42.5 Å². The molecular formula is C20H17Cl4F2N2O2+. The maximum atomic E-state index is 13.0. The highest BCUT2D eigenvalue weighted by Crippen LogP contribution is 2.65. The maximum absolute atomic E-state index is 13.0. The Morgan fingerprint density at radius 1 is 1.23 bits per heavy atom. The van der Waals surface area contributed by atoms with Gasteiger partial charge < -0.3 is 10.4 Å². The summed E-state index contributed by atoms with van der Waals surface area (Å²) < 4.78 is 24.7. The first-order chi connectivity index (χ1) is 13.9. The number of rotatable bonds is 6. The summed E-state index contributed by atoms with van der Waals surface area (Å²) in [5.41, 5.74) is 1.08. The Balaban J connectivity index is 1.77. The maximum Gasteiger partial charge on any atom is 0.367 e. The highest BCUT2D eigenvalue weighted by molar-refractivity contribution is 6.53. The lowest BCUT2D eigenvalue weighted by atomic mass is 10.1. The monoisotopic (exact) mass is 495 g/mol. The molecule has 1 amide bonds. The van der Waals surface area contributed by atoms with Crippen molar-refractivity contribution in [1.82, 2.24) is 0 Å². The molecule has 1 aliphatic rings. The Hall–Kier alpha value is -1.60. The molecule has 10 heteroatoms. The Bertz CT molecular complexity index is 1010. The minimum atomic E-state index is -3.03. The predicted octanol–water partition coefficient (Wildman–Crippen LogP) is 4.56. The Morgan fingerprint density at radius 2 is 1.93 bits per heavy atom. The minimum absolute atomic E-state index is 0.0592. The number of hydrogen-bond donors (Lipinski definition) is 3. The highest BCUT2D eigenvalue weighted by Gasteiger charge is 2.67. The average molecular weight is 497 g/mol. The number of benzene rings is 2. The first-order valence-electron chi connectivity index (χ1n) is 8.82. The fourth-order valence-corrected chi connectivity index (χ4v) is 4.34. The third-order valence-electron chi connectivity index (χ3n) is 4.60. The molecule has 1 aliphatic carbocycles. The van der Waals surface area contributed by atoms with E-state index in [1.165, 1.54) is 18.2 Å². The Labute approximate surface area is 191 Å². The lowest BCUT2D eigenvalue weighted by Crippen LogP contribution is -2.77. The summed E-state index contributed by atoms with van der Waals surface area (Å²) in [4.78, 5) is 15.0. The molecule has 2 aromatic carbocycles. The van der Waals surface area contributed by atoms with Crippen molar-refractivity contribution in [3.05, 3.63) is 63.6 Å². The van der Waals surface area contributed by atoms with Crippen LogP contribution in [0.2, 0.25) is 10.0 Å². The predicted molar refractivity (Wildman–Crippen MR) is 115 cm³/mol. The van der Waals surface area contributed by atoms with Crippen molar-refractivity contribution in [3.8, 4) is 0 Å². The second kappa shape index (κ2) is 8.50. The van der Waals surface area contributed by atoms with Crippen LogP contribution in [-0.4, -0.2) is 33.7 Å². The second-order valence-electron chi connectivity index (χ2n) is 7.14. The van der Waals surface area contributed by atoms with E-state index in [4.69, 9.17) is 46.4 Å². The van der Waals surface area contributed by atoms with Gasteiger partial charge in [0.05, 0.1) is 10.9 Å². The fourth-order valence-electron chi connectivity index (χ4n) is 3.11. The van der Waals surface area contributed by atoms with Crippen LogP contribution in [0.4, 0.5) is 14.5 Å². The summed E-state index contributed by atoms with van der Waals surface area (Å²) in [5.74, 6) is -5.18. The van der Waals surface area contributed by atoms with Crippen LogP contribution < -0.4 is 10.3 Å². The van der Waals surface area contributed by atoms with Crippen LogP contribution in [0.3, 0.4) is 0 Å². The molecule has 2 aromatic rings. The molecule has 0 spiro atoms. The van der Waals surface area contributed by atoms with E-state index in [1.807, 2.05) is 0 Å². The molecule has 0 heterocycles. The first kappa shape index (κ1) is 23.1. The average Bonchev–Trinajstić information content (AvgIpc) is 3.23. The van der Waals surface area contributed by atoms with Crippen molar-refractivity contribution in [2.75, 3.05) is 11.9 Å². The number of alkyl halides is 4. The lowest BCUT2D eigenvalue weighted by Gasteiger charge is -2.08. The zero-order valence-electron chi connectivity index (χ0n) is 15.5. The molecule has 1 saturated carbocycles. The number of halogens is 6. The molecule has 1 fully saturated rings. The van der Waals surface area contributed by atoms with Gasteiger partial charge in [0, 0.05) is 23.6 Å². The zero-order valence-corrected chi connectivity index (χ0v) is 18.6. The van der Waals surface area contributed by atoms with Gasteiger partial charge in [-0.05, 0) is 35.9 Å². The highest BCUT2D eigenvalue weighted by atomic mass is 35.5. The van der Waals surface area contributed by atoms with Gasteiger partial charge in [-0.25, -0.2) is 4.99 Å². The van der Waals surface area contributed by atoms with Crippen LogP contribution >= 0.6 is 46.4 Å². The van der Waals surface area contributed by atoms with Crippen molar-refractivity contribution >= 4 is 63.9 Å².